The van der Waals surface area contributed by atoms with E-state index in [2.05, 4.69) is 25.4 Å². The third-order valence-electron chi connectivity index (χ3n) is 4.75. The summed E-state index contributed by atoms with van der Waals surface area (Å²) in [5.41, 5.74) is 0.712. The largest absolute Gasteiger partial charge is 0.378 e. The highest BCUT2D eigenvalue weighted by molar-refractivity contribution is 5.89. The van der Waals surface area contributed by atoms with E-state index >= 15 is 0 Å². The van der Waals surface area contributed by atoms with E-state index in [4.69, 9.17) is 4.74 Å². The van der Waals surface area contributed by atoms with Crippen molar-refractivity contribution in [3.8, 4) is 0 Å². The maximum Gasteiger partial charge on any atom is 0.319 e. The van der Waals surface area contributed by atoms with Crippen molar-refractivity contribution in [3.63, 3.8) is 0 Å². The summed E-state index contributed by atoms with van der Waals surface area (Å²) in [7, 11) is 0. The van der Waals surface area contributed by atoms with Gasteiger partial charge in [0.05, 0.1) is 25.1 Å². The van der Waals surface area contributed by atoms with Gasteiger partial charge in [-0.3, -0.25) is 0 Å². The van der Waals surface area contributed by atoms with Gasteiger partial charge in [0.1, 0.15) is 5.82 Å². The van der Waals surface area contributed by atoms with Gasteiger partial charge < -0.3 is 25.2 Å². The number of morpholine rings is 1. The van der Waals surface area contributed by atoms with Crippen molar-refractivity contribution in [2.75, 3.05) is 62.7 Å². The molecule has 3 rings (SSSR count). The second kappa shape index (κ2) is 9.58. The molecule has 0 radical (unpaired) electrons. The van der Waals surface area contributed by atoms with Gasteiger partial charge in [0.2, 0.25) is 0 Å². The van der Waals surface area contributed by atoms with Gasteiger partial charge >= 0.3 is 6.03 Å². The number of amides is 2. The van der Waals surface area contributed by atoms with E-state index in [9.17, 15) is 4.79 Å². The van der Waals surface area contributed by atoms with Crippen LogP contribution in [0.4, 0.5) is 16.3 Å². The van der Waals surface area contributed by atoms with E-state index < -0.39 is 0 Å². The van der Waals surface area contributed by atoms with Crippen molar-refractivity contribution in [3.05, 3.63) is 18.3 Å². The van der Waals surface area contributed by atoms with E-state index in [1.807, 2.05) is 12.1 Å². The molecule has 7 nitrogen and oxygen atoms in total. The second-order valence-electron chi connectivity index (χ2n) is 6.64. The van der Waals surface area contributed by atoms with E-state index in [1.54, 1.807) is 6.20 Å². The molecule has 2 saturated heterocycles. The summed E-state index contributed by atoms with van der Waals surface area (Å²) in [6.07, 6.45) is 6.91. The van der Waals surface area contributed by atoms with Crippen LogP contribution < -0.4 is 15.5 Å². The van der Waals surface area contributed by atoms with E-state index in [1.165, 1.54) is 25.7 Å². The number of carbonyl (C=O) groups is 1. The number of aromatic nitrogens is 1. The third kappa shape index (κ3) is 5.86. The molecule has 0 aromatic carbocycles. The van der Waals surface area contributed by atoms with Crippen LogP contribution in [0.1, 0.15) is 25.7 Å². The fourth-order valence-electron chi connectivity index (χ4n) is 3.30. The summed E-state index contributed by atoms with van der Waals surface area (Å²) in [6, 6.07) is 3.67. The molecule has 7 heteroatoms. The first-order chi connectivity index (χ1) is 12.3. The Kier molecular flexibility index (Phi) is 6.88. The van der Waals surface area contributed by atoms with Crippen LogP contribution >= 0.6 is 0 Å². The number of hydrogen-bond acceptors (Lipinski definition) is 5. The highest BCUT2D eigenvalue weighted by atomic mass is 16.5. The summed E-state index contributed by atoms with van der Waals surface area (Å²) in [5, 5.41) is 5.78. The van der Waals surface area contributed by atoms with Crippen LogP contribution in [0, 0.1) is 0 Å². The van der Waals surface area contributed by atoms with Gasteiger partial charge in [-0.15, -0.1) is 0 Å². The molecule has 0 aliphatic carbocycles. The van der Waals surface area contributed by atoms with Crippen LogP contribution in [0.15, 0.2) is 18.3 Å². The molecule has 0 bridgehead atoms. The Morgan fingerprint density at radius 3 is 2.52 bits per heavy atom. The molecule has 1 aromatic rings. The molecule has 25 heavy (non-hydrogen) atoms. The maximum atomic E-state index is 12.0. The van der Waals surface area contributed by atoms with Crippen molar-refractivity contribution >= 4 is 17.5 Å². The average Bonchev–Trinajstić information content (AvgIpc) is 2.92. The first kappa shape index (κ1) is 17.9. The van der Waals surface area contributed by atoms with Crippen molar-refractivity contribution in [1.82, 2.24) is 15.2 Å². The molecular weight excluding hydrogens is 318 g/mol. The molecule has 2 amide bonds. The predicted molar refractivity (Wildman–Crippen MR) is 99.2 cm³/mol. The molecule has 0 spiro atoms. The lowest BCUT2D eigenvalue weighted by atomic mass is 10.2. The Hall–Kier alpha value is -1.86. The Bertz CT molecular complexity index is 523. The molecule has 0 unspecified atom stereocenters. The molecular formula is C18H29N5O2. The number of anilines is 2. The number of hydrogen-bond donors (Lipinski definition) is 2. The minimum Gasteiger partial charge on any atom is -0.378 e. The van der Waals surface area contributed by atoms with Gasteiger partial charge in [-0.1, -0.05) is 12.8 Å². The minimum absolute atomic E-state index is 0.171. The summed E-state index contributed by atoms with van der Waals surface area (Å²) in [5.74, 6) is 0.926. The van der Waals surface area contributed by atoms with Crippen molar-refractivity contribution in [2.24, 2.45) is 0 Å². The van der Waals surface area contributed by atoms with Gasteiger partial charge in [0, 0.05) is 26.2 Å². The Morgan fingerprint density at radius 1 is 1.08 bits per heavy atom. The van der Waals surface area contributed by atoms with Crippen LogP contribution in [-0.4, -0.2) is 68.4 Å². The second-order valence-corrected chi connectivity index (χ2v) is 6.64. The Morgan fingerprint density at radius 2 is 1.84 bits per heavy atom. The van der Waals surface area contributed by atoms with Gasteiger partial charge in [-0.2, -0.15) is 0 Å². The topological polar surface area (TPSA) is 69.7 Å². The fraction of sp³-hybridized carbons (Fsp3) is 0.667. The standard InChI is InChI=1S/C18H29N5O2/c24-18(19-7-10-22-8-3-1-2-4-9-22)21-16-5-6-17(20-15-16)23-11-13-25-14-12-23/h5-6,15H,1-4,7-14H2,(H2,19,21,24). The highest BCUT2D eigenvalue weighted by Gasteiger charge is 2.12. The minimum atomic E-state index is -0.171. The van der Waals surface area contributed by atoms with Gasteiger partial charge in [-0.05, 0) is 38.1 Å². The van der Waals surface area contributed by atoms with Crippen LogP contribution in [0.3, 0.4) is 0 Å². The smallest absolute Gasteiger partial charge is 0.319 e. The number of rotatable bonds is 5. The van der Waals surface area contributed by atoms with Gasteiger partial charge in [0.25, 0.3) is 0 Å². The lowest BCUT2D eigenvalue weighted by molar-refractivity contribution is 0.122. The molecule has 1 aromatic heterocycles. The lowest BCUT2D eigenvalue weighted by Gasteiger charge is -2.27. The number of carbonyl (C=O) groups excluding carboxylic acids is 1. The van der Waals surface area contributed by atoms with Crippen LogP contribution in [0.5, 0.6) is 0 Å². The predicted octanol–water partition coefficient (Wildman–Crippen LogP) is 1.92. The third-order valence-corrected chi connectivity index (χ3v) is 4.75. The summed E-state index contributed by atoms with van der Waals surface area (Å²) < 4.78 is 5.35. The molecule has 0 atom stereocenters. The number of urea groups is 1. The van der Waals surface area contributed by atoms with Crippen LogP contribution in [-0.2, 0) is 4.74 Å². The Labute approximate surface area is 149 Å². The monoisotopic (exact) mass is 347 g/mol. The van der Waals surface area contributed by atoms with Crippen molar-refractivity contribution in [2.45, 2.75) is 25.7 Å². The highest BCUT2D eigenvalue weighted by Crippen LogP contribution is 2.15. The molecule has 2 N–H and O–H groups in total. The summed E-state index contributed by atoms with van der Waals surface area (Å²) in [6.45, 7) is 7.08. The van der Waals surface area contributed by atoms with E-state index in [0.717, 1.165) is 51.8 Å². The number of ether oxygens (including phenoxy) is 1. The quantitative estimate of drug-likeness (QED) is 0.852. The zero-order valence-corrected chi connectivity index (χ0v) is 14.9. The van der Waals surface area contributed by atoms with Gasteiger partial charge in [0.15, 0.2) is 0 Å². The maximum absolute atomic E-state index is 12.0. The first-order valence-electron chi connectivity index (χ1n) is 9.37. The number of nitrogens with zero attached hydrogens (tertiary/aromatic N) is 3. The molecule has 2 aliphatic rings. The number of likely N-dealkylation sites (tertiary alicyclic amines) is 1. The van der Waals surface area contributed by atoms with Crippen LogP contribution in [0.25, 0.3) is 0 Å². The molecule has 2 fully saturated rings. The van der Waals surface area contributed by atoms with Crippen LogP contribution in [0.2, 0.25) is 0 Å². The SMILES string of the molecule is O=C(NCCN1CCCCCC1)Nc1ccc(N2CCOCC2)nc1. The summed E-state index contributed by atoms with van der Waals surface area (Å²) in [4.78, 5) is 21.1. The van der Waals surface area contributed by atoms with E-state index in [-0.39, 0.29) is 6.03 Å². The molecule has 3 heterocycles. The zero-order chi connectivity index (χ0) is 17.3. The lowest BCUT2D eigenvalue weighted by Crippen LogP contribution is -2.37. The van der Waals surface area contributed by atoms with E-state index in [0.29, 0.717) is 12.2 Å². The van der Waals surface area contributed by atoms with Crippen molar-refractivity contribution < 1.29 is 9.53 Å². The molecule has 0 saturated carbocycles. The molecule has 138 valence electrons. The number of pyridine rings is 1. The zero-order valence-electron chi connectivity index (χ0n) is 14.9. The summed E-state index contributed by atoms with van der Waals surface area (Å²) >= 11 is 0. The van der Waals surface area contributed by atoms with Gasteiger partial charge in [-0.25, -0.2) is 9.78 Å². The van der Waals surface area contributed by atoms with Crippen molar-refractivity contribution in [1.29, 1.82) is 0 Å². The normalized spacial score (nSPS) is 19.3. The first-order valence-corrected chi connectivity index (χ1v) is 9.37. The fourth-order valence-corrected chi connectivity index (χ4v) is 3.30. The average molecular weight is 347 g/mol. The Balaban J connectivity index is 1.38. The molecule has 2 aliphatic heterocycles. The number of nitrogens with one attached hydrogen (secondary N) is 2.